The van der Waals surface area contributed by atoms with Gasteiger partial charge < -0.3 is 20.8 Å². The summed E-state index contributed by atoms with van der Waals surface area (Å²) in [7, 11) is 0. The van der Waals surface area contributed by atoms with Crippen LogP contribution in [-0.2, 0) is 16.6 Å². The Hall–Kier alpha value is -4.39. The first-order valence-corrected chi connectivity index (χ1v) is 13.1. The number of aromatic nitrogens is 6. The first kappa shape index (κ1) is 32.0. The van der Waals surface area contributed by atoms with Gasteiger partial charge in [0.2, 0.25) is 5.91 Å². The molecule has 1 aromatic carbocycles. The normalized spacial score (nSPS) is 17.8. The lowest BCUT2D eigenvalue weighted by Gasteiger charge is -2.25. The van der Waals surface area contributed by atoms with E-state index < -0.39 is 72.5 Å². The molecule has 0 saturated carbocycles. The monoisotopic (exact) mass is 666 g/mol. The second-order valence-electron chi connectivity index (χ2n) is 10.1. The van der Waals surface area contributed by atoms with Crippen LogP contribution in [0.4, 0.5) is 46.8 Å². The third kappa shape index (κ3) is 5.76. The fourth-order valence-electron chi connectivity index (χ4n) is 4.61. The molecule has 4 aromatic rings. The van der Waals surface area contributed by atoms with Gasteiger partial charge in [-0.3, -0.25) is 4.79 Å². The minimum atomic E-state index is -5.83. The molecule has 4 heterocycles. The number of aryl methyl sites for hydroxylation is 1. The van der Waals surface area contributed by atoms with Gasteiger partial charge in [0, 0.05) is 6.42 Å². The SMILES string of the molecule is C[C@@]1(c2ccc(Cl)c(O)c2)C(=O)Nc2nc(-c3cn4ncnc4c(CCC(F)(F)C(F)(F)F)n3)nc(NCC(O)C(F)(F)F)c21. The Balaban J connectivity index is 1.64. The van der Waals surface area contributed by atoms with Gasteiger partial charge in [0.05, 0.1) is 29.0 Å². The first-order chi connectivity index (χ1) is 20.8. The molecule has 20 heteroatoms. The fraction of sp³-hybridized carbons (Fsp3) is 0.360. The van der Waals surface area contributed by atoms with Crippen molar-refractivity contribution in [2.45, 2.75) is 49.6 Å². The highest BCUT2D eigenvalue weighted by molar-refractivity contribution is 6.32. The second kappa shape index (κ2) is 10.9. The molecule has 11 nitrogen and oxygen atoms in total. The van der Waals surface area contributed by atoms with Gasteiger partial charge in [0.25, 0.3) is 0 Å². The molecule has 0 aliphatic carbocycles. The summed E-state index contributed by atoms with van der Waals surface area (Å²) in [6.07, 6.45) is -14.3. The molecule has 1 amide bonds. The third-order valence-corrected chi connectivity index (χ3v) is 7.43. The molecule has 4 N–H and O–H groups in total. The Morgan fingerprint density at radius 3 is 2.47 bits per heavy atom. The summed E-state index contributed by atoms with van der Waals surface area (Å²) in [5.41, 5.74) is -2.50. The van der Waals surface area contributed by atoms with Crippen molar-refractivity contribution >= 4 is 34.8 Å². The number of carbonyl (C=O) groups is 1. The average molecular weight is 667 g/mol. The highest BCUT2D eigenvalue weighted by atomic mass is 35.5. The van der Waals surface area contributed by atoms with Crippen LogP contribution in [0.1, 0.15) is 30.2 Å². The third-order valence-electron chi connectivity index (χ3n) is 7.11. The molecule has 0 saturated heterocycles. The Labute approximate surface area is 251 Å². The van der Waals surface area contributed by atoms with Crippen LogP contribution < -0.4 is 10.6 Å². The van der Waals surface area contributed by atoms with Gasteiger partial charge in [-0.1, -0.05) is 17.7 Å². The van der Waals surface area contributed by atoms with Gasteiger partial charge >= 0.3 is 18.3 Å². The number of aliphatic hydroxyl groups is 1. The lowest BCUT2D eigenvalue weighted by molar-refractivity contribution is -0.284. The minimum absolute atomic E-state index is 0.0578. The number of aromatic hydroxyl groups is 1. The smallest absolute Gasteiger partial charge is 0.453 e. The van der Waals surface area contributed by atoms with E-state index in [1.165, 1.54) is 19.1 Å². The zero-order valence-electron chi connectivity index (χ0n) is 22.5. The zero-order chi connectivity index (χ0) is 33.1. The van der Waals surface area contributed by atoms with E-state index in [1.54, 1.807) is 0 Å². The van der Waals surface area contributed by atoms with Crippen LogP contribution in [0.5, 0.6) is 5.75 Å². The van der Waals surface area contributed by atoms with Crippen molar-refractivity contribution in [1.82, 2.24) is 29.5 Å². The molecular formula is C25H19ClF8N8O3. The van der Waals surface area contributed by atoms with Crippen molar-refractivity contribution in [2.75, 3.05) is 17.2 Å². The summed E-state index contributed by atoms with van der Waals surface area (Å²) >= 11 is 5.89. The van der Waals surface area contributed by atoms with Crippen LogP contribution in [-0.4, -0.2) is 76.6 Å². The molecule has 2 atom stereocenters. The van der Waals surface area contributed by atoms with Gasteiger partial charge in [-0.05, 0) is 31.0 Å². The molecule has 0 spiro atoms. The fourth-order valence-corrected chi connectivity index (χ4v) is 4.72. The number of nitrogens with zero attached hydrogens (tertiary/aromatic N) is 6. The molecule has 1 aliphatic rings. The van der Waals surface area contributed by atoms with Crippen molar-refractivity contribution in [2.24, 2.45) is 0 Å². The van der Waals surface area contributed by atoms with E-state index in [-0.39, 0.29) is 39.0 Å². The number of benzene rings is 1. The first-order valence-electron chi connectivity index (χ1n) is 12.7. The van der Waals surface area contributed by atoms with Gasteiger partial charge in [-0.2, -0.15) is 40.2 Å². The van der Waals surface area contributed by atoms with Gasteiger partial charge in [0.1, 0.15) is 34.8 Å². The van der Waals surface area contributed by atoms with Crippen LogP contribution >= 0.6 is 11.6 Å². The Bertz CT molecular complexity index is 1800. The zero-order valence-corrected chi connectivity index (χ0v) is 23.2. The maximum atomic E-state index is 13.7. The number of fused-ring (bicyclic) bond motifs is 2. The van der Waals surface area contributed by atoms with Gasteiger partial charge in [-0.15, -0.1) is 0 Å². The molecule has 0 fully saturated rings. The molecular weight excluding hydrogens is 648 g/mol. The molecule has 5 rings (SSSR count). The Morgan fingerprint density at radius 2 is 1.82 bits per heavy atom. The second-order valence-corrected chi connectivity index (χ2v) is 10.5. The van der Waals surface area contributed by atoms with E-state index in [0.29, 0.717) is 0 Å². The summed E-state index contributed by atoms with van der Waals surface area (Å²) in [5, 5.41) is 28.4. The van der Waals surface area contributed by atoms with E-state index in [0.717, 1.165) is 23.1 Å². The molecule has 3 aromatic heterocycles. The topological polar surface area (TPSA) is 150 Å². The van der Waals surface area contributed by atoms with Crippen molar-refractivity contribution in [3.63, 3.8) is 0 Å². The summed E-state index contributed by atoms with van der Waals surface area (Å²) in [5.74, 6) is -7.28. The summed E-state index contributed by atoms with van der Waals surface area (Å²) in [4.78, 5) is 29.7. The highest BCUT2D eigenvalue weighted by Gasteiger charge is 2.56. The average Bonchev–Trinajstić information content (AvgIpc) is 3.53. The largest absolute Gasteiger partial charge is 0.506 e. The van der Waals surface area contributed by atoms with E-state index in [9.17, 15) is 50.1 Å². The van der Waals surface area contributed by atoms with E-state index in [2.05, 4.69) is 35.7 Å². The lowest BCUT2D eigenvalue weighted by atomic mass is 9.77. The summed E-state index contributed by atoms with van der Waals surface area (Å²) in [6, 6.07) is 3.81. The van der Waals surface area contributed by atoms with E-state index in [4.69, 9.17) is 11.6 Å². The quantitative estimate of drug-likeness (QED) is 0.197. The number of hydrogen-bond acceptors (Lipinski definition) is 9. The number of alkyl halides is 8. The number of phenols is 1. The highest BCUT2D eigenvalue weighted by Crippen LogP contribution is 2.47. The van der Waals surface area contributed by atoms with Crippen molar-refractivity contribution < 1.29 is 50.1 Å². The number of nitrogens with one attached hydrogen (secondary N) is 2. The van der Waals surface area contributed by atoms with Crippen LogP contribution in [0.15, 0.2) is 30.7 Å². The van der Waals surface area contributed by atoms with Crippen molar-refractivity contribution in [1.29, 1.82) is 0 Å². The predicted molar refractivity (Wildman–Crippen MR) is 140 cm³/mol. The maximum Gasteiger partial charge on any atom is 0.453 e. The van der Waals surface area contributed by atoms with Gasteiger partial charge in [-0.25, -0.2) is 24.5 Å². The number of hydrogen-bond donors (Lipinski definition) is 4. The van der Waals surface area contributed by atoms with Crippen LogP contribution in [0.2, 0.25) is 5.02 Å². The van der Waals surface area contributed by atoms with Crippen molar-refractivity contribution in [3.8, 4) is 17.3 Å². The van der Waals surface area contributed by atoms with E-state index >= 15 is 0 Å². The molecule has 240 valence electrons. The molecule has 0 bridgehead atoms. The Kier molecular flexibility index (Phi) is 7.75. The maximum absolute atomic E-state index is 13.7. The summed E-state index contributed by atoms with van der Waals surface area (Å²) < 4.78 is 106. The molecule has 1 unspecified atom stereocenters. The molecule has 45 heavy (non-hydrogen) atoms. The predicted octanol–water partition coefficient (Wildman–Crippen LogP) is 4.66. The van der Waals surface area contributed by atoms with Crippen LogP contribution in [0.25, 0.3) is 17.2 Å². The number of amides is 1. The lowest BCUT2D eigenvalue weighted by Crippen LogP contribution is -2.36. The van der Waals surface area contributed by atoms with Crippen LogP contribution in [0, 0.1) is 0 Å². The summed E-state index contributed by atoms with van der Waals surface area (Å²) in [6.45, 7) is 0.222. The number of carbonyl (C=O) groups excluding carboxylic acids is 1. The van der Waals surface area contributed by atoms with Gasteiger partial charge in [0.15, 0.2) is 17.6 Å². The molecule has 0 radical (unpaired) electrons. The minimum Gasteiger partial charge on any atom is -0.506 e. The van der Waals surface area contributed by atoms with Crippen LogP contribution in [0.3, 0.4) is 0 Å². The number of phenolic OH excluding ortho intramolecular Hbond substituents is 1. The Morgan fingerprint density at radius 1 is 1.11 bits per heavy atom. The number of anilines is 2. The standard InChI is InChI=1S/C25H19ClF8N8O3/c1-22(10-2-3-11(26)14(43)6-10)16-18(35-7-15(44)24(29,30)31)39-17(40-19(16)41-21(22)45)13-8-42-20(36-9-37-42)12(38-13)4-5-23(27,28)25(32,33)34/h2-3,6,8-9,15,43-44H,4-5,7H2,1H3,(H2,35,39,40,41,45)/t15?,22-/m0/s1. The number of halogens is 9. The van der Waals surface area contributed by atoms with E-state index in [1.807, 2.05) is 0 Å². The number of aliphatic hydroxyl groups excluding tert-OH is 1. The number of rotatable bonds is 8. The molecule has 1 aliphatic heterocycles. The van der Waals surface area contributed by atoms with Crippen molar-refractivity contribution in [3.05, 3.63) is 52.6 Å².